The van der Waals surface area contributed by atoms with Crippen LogP contribution in [0, 0.1) is 11.6 Å². The van der Waals surface area contributed by atoms with Crippen LogP contribution < -0.4 is 9.47 Å². The van der Waals surface area contributed by atoms with E-state index < -0.39 is 11.6 Å². The Morgan fingerprint density at radius 1 is 1.17 bits per heavy atom. The predicted molar refractivity (Wildman–Crippen MR) is 82.9 cm³/mol. The monoisotopic (exact) mass is 337 g/mol. The summed E-state index contributed by atoms with van der Waals surface area (Å²) in [6, 6.07) is 3.86. The fourth-order valence-corrected chi connectivity index (χ4v) is 2.96. The molecule has 0 radical (unpaired) electrons. The molecular weight excluding hydrogens is 324 g/mol. The number of ether oxygens (including phenoxy) is 2. The van der Waals surface area contributed by atoms with Gasteiger partial charge in [-0.1, -0.05) is 11.8 Å². The van der Waals surface area contributed by atoms with E-state index in [4.69, 9.17) is 9.47 Å². The van der Waals surface area contributed by atoms with Crippen molar-refractivity contribution in [3.63, 3.8) is 0 Å². The van der Waals surface area contributed by atoms with Gasteiger partial charge in [0.2, 0.25) is 0 Å². The van der Waals surface area contributed by atoms with Crippen molar-refractivity contribution in [3.05, 3.63) is 41.7 Å². The third-order valence-corrected chi connectivity index (χ3v) is 4.10. The van der Waals surface area contributed by atoms with Gasteiger partial charge < -0.3 is 14.5 Å². The van der Waals surface area contributed by atoms with E-state index in [0.717, 1.165) is 12.1 Å². The summed E-state index contributed by atoms with van der Waals surface area (Å²) in [6.45, 7) is 0. The minimum absolute atomic E-state index is 0.372. The van der Waals surface area contributed by atoms with Gasteiger partial charge in [-0.15, -0.1) is 0 Å². The SMILES string of the molecule is COc1ccnc(CSc2nc3cc(F)c(F)cc3[nH]2)c1OC. The van der Waals surface area contributed by atoms with Gasteiger partial charge in [-0.25, -0.2) is 13.8 Å². The third kappa shape index (κ3) is 3.07. The van der Waals surface area contributed by atoms with Crippen molar-refractivity contribution in [2.24, 2.45) is 0 Å². The zero-order valence-corrected chi connectivity index (χ0v) is 13.2. The molecule has 1 N–H and O–H groups in total. The van der Waals surface area contributed by atoms with Crippen molar-refractivity contribution in [3.8, 4) is 11.5 Å². The first-order chi connectivity index (χ1) is 11.1. The van der Waals surface area contributed by atoms with Crippen LogP contribution in [0.2, 0.25) is 0 Å². The summed E-state index contributed by atoms with van der Waals surface area (Å²) in [5.41, 5.74) is 1.50. The highest BCUT2D eigenvalue weighted by atomic mass is 32.2. The molecule has 0 fully saturated rings. The van der Waals surface area contributed by atoms with Crippen LogP contribution in [0.5, 0.6) is 11.5 Å². The van der Waals surface area contributed by atoms with E-state index >= 15 is 0 Å². The van der Waals surface area contributed by atoms with Crippen molar-refractivity contribution in [1.29, 1.82) is 0 Å². The zero-order valence-electron chi connectivity index (χ0n) is 12.4. The molecule has 3 aromatic rings. The lowest BCUT2D eigenvalue weighted by atomic mass is 10.3. The molecule has 0 aliphatic carbocycles. The van der Waals surface area contributed by atoms with Gasteiger partial charge in [0.25, 0.3) is 0 Å². The van der Waals surface area contributed by atoms with Gasteiger partial charge in [-0.05, 0) is 0 Å². The molecule has 120 valence electrons. The Morgan fingerprint density at radius 2 is 1.96 bits per heavy atom. The van der Waals surface area contributed by atoms with Crippen LogP contribution >= 0.6 is 11.8 Å². The van der Waals surface area contributed by atoms with Crippen LogP contribution in [0.3, 0.4) is 0 Å². The topological polar surface area (TPSA) is 60.0 Å². The average Bonchev–Trinajstić information content (AvgIpc) is 2.94. The van der Waals surface area contributed by atoms with Gasteiger partial charge in [0, 0.05) is 30.1 Å². The Labute approximate surface area is 135 Å². The molecule has 0 amide bonds. The average molecular weight is 337 g/mol. The van der Waals surface area contributed by atoms with Gasteiger partial charge in [0.1, 0.15) is 0 Å². The largest absolute Gasteiger partial charge is 0.493 e. The third-order valence-electron chi connectivity index (χ3n) is 3.21. The second-order valence-corrected chi connectivity index (χ2v) is 5.57. The summed E-state index contributed by atoms with van der Waals surface area (Å²) in [6.07, 6.45) is 1.63. The summed E-state index contributed by atoms with van der Waals surface area (Å²) in [5.74, 6) is -0.224. The number of H-pyrrole nitrogens is 1. The Balaban J connectivity index is 1.84. The summed E-state index contributed by atoms with van der Waals surface area (Å²) in [7, 11) is 3.09. The van der Waals surface area contributed by atoms with E-state index in [-0.39, 0.29) is 0 Å². The lowest BCUT2D eigenvalue weighted by Gasteiger charge is -2.10. The number of aromatic amines is 1. The van der Waals surface area contributed by atoms with E-state index in [1.165, 1.54) is 11.8 Å². The first kappa shape index (κ1) is 15.5. The van der Waals surface area contributed by atoms with Crippen LogP contribution in [0.15, 0.2) is 29.6 Å². The minimum Gasteiger partial charge on any atom is -0.493 e. The normalized spacial score (nSPS) is 11.0. The van der Waals surface area contributed by atoms with Crippen LogP contribution in [0.4, 0.5) is 8.78 Å². The maximum absolute atomic E-state index is 13.2. The molecule has 0 aliphatic rings. The Kier molecular flexibility index (Phi) is 4.33. The quantitative estimate of drug-likeness (QED) is 0.722. The molecule has 2 heterocycles. The number of aromatic nitrogens is 3. The van der Waals surface area contributed by atoms with Crippen molar-refractivity contribution in [2.75, 3.05) is 14.2 Å². The molecule has 2 aromatic heterocycles. The number of methoxy groups -OCH3 is 2. The number of imidazole rings is 1. The molecule has 0 saturated carbocycles. The number of rotatable bonds is 5. The highest BCUT2D eigenvalue weighted by Crippen LogP contribution is 2.33. The number of nitrogens with one attached hydrogen (secondary N) is 1. The second kappa shape index (κ2) is 6.41. The van der Waals surface area contributed by atoms with E-state index in [1.807, 2.05) is 0 Å². The van der Waals surface area contributed by atoms with Gasteiger partial charge in [-0.2, -0.15) is 0 Å². The second-order valence-electron chi connectivity index (χ2n) is 4.61. The number of hydrogen-bond donors (Lipinski definition) is 1. The number of nitrogens with zero attached hydrogens (tertiary/aromatic N) is 2. The highest BCUT2D eigenvalue weighted by molar-refractivity contribution is 7.98. The molecule has 1 aromatic carbocycles. The number of halogens is 2. The van der Waals surface area contributed by atoms with Gasteiger partial charge in [0.05, 0.1) is 30.9 Å². The van der Waals surface area contributed by atoms with E-state index in [1.54, 1.807) is 26.5 Å². The number of hydrogen-bond acceptors (Lipinski definition) is 5. The molecule has 0 atom stereocenters. The molecule has 0 aliphatic heterocycles. The van der Waals surface area contributed by atoms with Crippen LogP contribution in [0.1, 0.15) is 5.69 Å². The summed E-state index contributed by atoms with van der Waals surface area (Å²) in [5, 5.41) is 0.539. The first-order valence-corrected chi connectivity index (χ1v) is 7.64. The summed E-state index contributed by atoms with van der Waals surface area (Å²) in [4.78, 5) is 11.4. The predicted octanol–water partition coefficient (Wildman–Crippen LogP) is 3.55. The minimum atomic E-state index is -0.920. The molecule has 0 bridgehead atoms. The van der Waals surface area contributed by atoms with Crippen molar-refractivity contribution < 1.29 is 18.3 Å². The fourth-order valence-electron chi connectivity index (χ4n) is 2.14. The molecule has 0 unspecified atom stereocenters. The van der Waals surface area contributed by atoms with Gasteiger partial charge in [-0.3, -0.25) is 4.98 Å². The molecule has 5 nitrogen and oxygen atoms in total. The van der Waals surface area contributed by atoms with Crippen LogP contribution in [0.25, 0.3) is 11.0 Å². The Morgan fingerprint density at radius 3 is 2.70 bits per heavy atom. The Bertz CT molecular complexity index is 815. The zero-order chi connectivity index (χ0) is 16.4. The number of benzene rings is 1. The molecule has 0 saturated heterocycles. The lowest BCUT2D eigenvalue weighted by Crippen LogP contribution is -1.97. The van der Waals surface area contributed by atoms with Crippen molar-refractivity contribution in [2.45, 2.75) is 10.9 Å². The summed E-state index contributed by atoms with van der Waals surface area (Å²) < 4.78 is 37.0. The number of pyridine rings is 1. The molecular formula is C15H13F2N3O2S. The van der Waals surface area contributed by atoms with Crippen LogP contribution in [-0.2, 0) is 5.75 Å². The fraction of sp³-hybridized carbons (Fsp3) is 0.200. The molecule has 3 rings (SSSR count). The first-order valence-electron chi connectivity index (χ1n) is 6.65. The van der Waals surface area contributed by atoms with E-state index in [2.05, 4.69) is 15.0 Å². The van der Waals surface area contributed by atoms with Crippen molar-refractivity contribution in [1.82, 2.24) is 15.0 Å². The standard InChI is InChI=1S/C15H13F2N3O2S/c1-21-13-3-4-18-12(14(13)22-2)7-23-15-19-10-5-8(16)9(17)6-11(10)20-15/h3-6H,7H2,1-2H3,(H,19,20). The molecule has 8 heteroatoms. The van der Waals surface area contributed by atoms with E-state index in [0.29, 0.717) is 39.1 Å². The number of fused-ring (bicyclic) bond motifs is 1. The van der Waals surface area contributed by atoms with Gasteiger partial charge in [0.15, 0.2) is 28.3 Å². The summed E-state index contributed by atoms with van der Waals surface area (Å²) >= 11 is 1.35. The lowest BCUT2D eigenvalue weighted by molar-refractivity contribution is 0.350. The Hall–Kier alpha value is -2.35. The molecule has 23 heavy (non-hydrogen) atoms. The van der Waals surface area contributed by atoms with Crippen LogP contribution in [-0.4, -0.2) is 29.2 Å². The molecule has 0 spiro atoms. The van der Waals surface area contributed by atoms with E-state index in [9.17, 15) is 8.78 Å². The maximum Gasteiger partial charge on any atom is 0.183 e. The van der Waals surface area contributed by atoms with Crippen molar-refractivity contribution >= 4 is 22.8 Å². The maximum atomic E-state index is 13.2. The smallest absolute Gasteiger partial charge is 0.183 e. The number of thioether (sulfide) groups is 1. The highest BCUT2D eigenvalue weighted by Gasteiger charge is 2.13. The van der Waals surface area contributed by atoms with Gasteiger partial charge >= 0.3 is 0 Å².